The van der Waals surface area contributed by atoms with Crippen LogP contribution in [0.3, 0.4) is 0 Å². The maximum Gasteiger partial charge on any atom is 0.258 e. The molecule has 0 radical (unpaired) electrons. The van der Waals surface area contributed by atoms with Gasteiger partial charge in [-0.05, 0) is 29.3 Å². The molecule has 44 heavy (non-hydrogen) atoms. The maximum atomic E-state index is 13.1. The predicted octanol–water partition coefficient (Wildman–Crippen LogP) is 4.61. The number of hydrogen-bond acceptors (Lipinski definition) is 10. The Hall–Kier alpha value is -4.55. The second-order valence-corrected chi connectivity index (χ2v) is 11.7. The first kappa shape index (κ1) is 28.2. The van der Waals surface area contributed by atoms with E-state index in [2.05, 4.69) is 9.98 Å². The predicted molar refractivity (Wildman–Crippen MR) is 165 cm³/mol. The minimum atomic E-state index is -0.187. The van der Waals surface area contributed by atoms with E-state index < -0.39 is 0 Å². The molecule has 0 bridgehead atoms. The van der Waals surface area contributed by atoms with E-state index in [-0.39, 0.29) is 43.8 Å². The summed E-state index contributed by atoms with van der Waals surface area (Å²) in [6.45, 7) is 1.20. The summed E-state index contributed by atoms with van der Waals surface area (Å²) in [6, 6.07) is 14.5. The monoisotopic (exact) mass is 614 g/mol. The molecule has 0 saturated carbocycles. The maximum absolute atomic E-state index is 13.1. The fourth-order valence-electron chi connectivity index (χ4n) is 5.55. The van der Waals surface area contributed by atoms with Crippen LogP contribution in [0.2, 0.25) is 0 Å². The van der Waals surface area contributed by atoms with Gasteiger partial charge in [-0.1, -0.05) is 18.2 Å². The molecule has 226 valence electrons. The van der Waals surface area contributed by atoms with Crippen LogP contribution < -0.4 is 18.9 Å². The van der Waals surface area contributed by atoms with Crippen LogP contribution in [0, 0.1) is 0 Å². The Balaban J connectivity index is 1.06. The number of fused-ring (bicyclic) bond motifs is 4. The number of ether oxygens (including phenoxy) is 5. The first-order chi connectivity index (χ1) is 21.5. The highest BCUT2D eigenvalue weighted by Crippen LogP contribution is 2.40. The van der Waals surface area contributed by atoms with Gasteiger partial charge in [0.1, 0.15) is 19.9 Å². The molecule has 0 unspecified atom stereocenters. The lowest BCUT2D eigenvalue weighted by atomic mass is 10.1. The molecule has 0 aliphatic carbocycles. The molecule has 12 heteroatoms. The minimum absolute atomic E-state index is 0.00554. The van der Waals surface area contributed by atoms with Crippen molar-refractivity contribution < 1.29 is 33.3 Å². The third-order valence-corrected chi connectivity index (χ3v) is 8.97. The average Bonchev–Trinajstić information content (AvgIpc) is 3.68. The molecule has 2 amide bonds. The molecule has 0 spiro atoms. The van der Waals surface area contributed by atoms with Crippen LogP contribution in [0.25, 0.3) is 0 Å². The van der Waals surface area contributed by atoms with Crippen LogP contribution in [0.15, 0.2) is 58.5 Å². The molecule has 2 atom stereocenters. The molecule has 4 aliphatic rings. The molecule has 4 heterocycles. The molecule has 4 aliphatic heterocycles. The number of hydrogen-bond donors (Lipinski definition) is 0. The summed E-state index contributed by atoms with van der Waals surface area (Å²) < 4.78 is 28.9. The summed E-state index contributed by atoms with van der Waals surface area (Å²) in [5, 5.41) is 0. The minimum Gasteiger partial charge on any atom is -0.493 e. The number of rotatable bonds is 8. The van der Waals surface area contributed by atoms with Gasteiger partial charge in [-0.2, -0.15) is 0 Å². The second-order valence-electron chi connectivity index (χ2n) is 10.7. The first-order valence-electron chi connectivity index (χ1n) is 14.2. The summed E-state index contributed by atoms with van der Waals surface area (Å²) in [5.74, 6) is 3.20. The largest absolute Gasteiger partial charge is 0.493 e. The second kappa shape index (κ2) is 11.9. The molecule has 3 aromatic carbocycles. The van der Waals surface area contributed by atoms with E-state index in [0.29, 0.717) is 58.0 Å². The smallest absolute Gasteiger partial charge is 0.258 e. The summed E-state index contributed by atoms with van der Waals surface area (Å²) in [4.78, 5) is 38.9. The van der Waals surface area contributed by atoms with Gasteiger partial charge >= 0.3 is 0 Å². The van der Waals surface area contributed by atoms with Crippen molar-refractivity contribution in [2.45, 2.75) is 25.3 Å². The highest BCUT2D eigenvalue weighted by molar-refractivity contribution is 7.99. The van der Waals surface area contributed by atoms with Crippen molar-refractivity contribution >= 4 is 47.4 Å². The number of carbonyl (C=O) groups is 2. The summed E-state index contributed by atoms with van der Waals surface area (Å²) in [6.07, 6.45) is 3.58. The SMILES string of the molecule is COc1cc2c(cc1OCc1cccc(COc3cc4c(cc3OC)C(=O)N3CSC[C@H]3C=N4)c1)N=C[C@@H]1COCN1C2=O. The van der Waals surface area contributed by atoms with E-state index in [0.717, 1.165) is 16.9 Å². The molecule has 7 rings (SSSR count). The number of thioether (sulfide) groups is 1. The van der Waals surface area contributed by atoms with Crippen molar-refractivity contribution in [3.63, 3.8) is 0 Å². The van der Waals surface area contributed by atoms with E-state index in [4.69, 9.17) is 23.7 Å². The van der Waals surface area contributed by atoms with E-state index in [1.54, 1.807) is 61.4 Å². The van der Waals surface area contributed by atoms with Gasteiger partial charge in [0, 0.05) is 30.3 Å². The van der Waals surface area contributed by atoms with Crippen LogP contribution in [-0.2, 0) is 18.0 Å². The lowest BCUT2D eigenvalue weighted by molar-refractivity contribution is 0.0683. The highest BCUT2D eigenvalue weighted by Gasteiger charge is 2.34. The van der Waals surface area contributed by atoms with Crippen LogP contribution >= 0.6 is 11.8 Å². The molecule has 0 aromatic heterocycles. The zero-order valence-corrected chi connectivity index (χ0v) is 25.0. The Morgan fingerprint density at radius 3 is 2.00 bits per heavy atom. The summed E-state index contributed by atoms with van der Waals surface area (Å²) in [5.41, 5.74) is 3.90. The van der Waals surface area contributed by atoms with Crippen molar-refractivity contribution in [3.05, 3.63) is 70.8 Å². The van der Waals surface area contributed by atoms with Gasteiger partial charge in [0.2, 0.25) is 0 Å². The van der Waals surface area contributed by atoms with E-state index in [1.165, 1.54) is 0 Å². The molecule has 2 saturated heterocycles. The van der Waals surface area contributed by atoms with Crippen molar-refractivity contribution in [1.29, 1.82) is 0 Å². The van der Waals surface area contributed by atoms with Crippen molar-refractivity contribution in [2.24, 2.45) is 9.98 Å². The van der Waals surface area contributed by atoms with Gasteiger partial charge < -0.3 is 33.5 Å². The number of methoxy groups -OCH3 is 2. The first-order valence-corrected chi connectivity index (χ1v) is 15.3. The third kappa shape index (κ3) is 5.24. The van der Waals surface area contributed by atoms with Gasteiger partial charge in [-0.25, -0.2) is 0 Å². The van der Waals surface area contributed by atoms with Gasteiger partial charge in [0.15, 0.2) is 23.0 Å². The van der Waals surface area contributed by atoms with Crippen molar-refractivity contribution in [3.8, 4) is 23.0 Å². The van der Waals surface area contributed by atoms with Gasteiger partial charge in [0.05, 0.1) is 61.3 Å². The average molecular weight is 615 g/mol. The number of amides is 2. The number of nitrogens with zero attached hydrogens (tertiary/aromatic N) is 4. The van der Waals surface area contributed by atoms with Crippen LogP contribution in [0.5, 0.6) is 23.0 Å². The van der Waals surface area contributed by atoms with E-state index >= 15 is 0 Å². The molecule has 0 N–H and O–H groups in total. The lowest BCUT2D eigenvalue weighted by Gasteiger charge is -2.19. The Bertz CT molecular complexity index is 1570. The fraction of sp³-hybridized carbons (Fsp3) is 0.312. The van der Waals surface area contributed by atoms with E-state index in [9.17, 15) is 9.59 Å². The number of aliphatic imine (C=N–C) groups is 2. The standard InChI is InChI=1S/C32H30N4O7S/c1-39-27-7-23-25(33-11-21-15-41-17-35(21)31(23)37)9-29(27)42-13-19-4-3-5-20(6-19)14-43-30-10-26-24(8-28(30)40-2)32(38)36-18-44-16-22(36)12-34-26/h3-12,21-22H,13-18H2,1-2H3/t21-,22-/m1/s1. The van der Waals surface area contributed by atoms with E-state index in [1.807, 2.05) is 35.4 Å². The highest BCUT2D eigenvalue weighted by atomic mass is 32.2. The van der Waals surface area contributed by atoms with Crippen LogP contribution in [-0.4, -0.2) is 85.3 Å². The number of carbonyl (C=O) groups excluding carboxylic acids is 2. The van der Waals surface area contributed by atoms with Gasteiger partial charge in [-0.3, -0.25) is 19.6 Å². The quantitative estimate of drug-likeness (QED) is 0.362. The topological polar surface area (TPSA) is 111 Å². The third-order valence-electron chi connectivity index (χ3n) is 7.94. The zero-order valence-electron chi connectivity index (χ0n) is 24.2. The molecular weight excluding hydrogens is 584 g/mol. The zero-order chi connectivity index (χ0) is 30.2. The molecule has 2 fully saturated rings. The van der Waals surface area contributed by atoms with Crippen molar-refractivity contribution in [1.82, 2.24) is 9.80 Å². The Labute approximate surface area is 258 Å². The fourth-order valence-corrected chi connectivity index (χ4v) is 6.67. The summed E-state index contributed by atoms with van der Waals surface area (Å²) in [7, 11) is 3.10. The van der Waals surface area contributed by atoms with Crippen LogP contribution in [0.1, 0.15) is 31.8 Å². The Morgan fingerprint density at radius 2 is 1.39 bits per heavy atom. The Kier molecular flexibility index (Phi) is 7.61. The summed E-state index contributed by atoms with van der Waals surface area (Å²) >= 11 is 1.72. The van der Waals surface area contributed by atoms with Crippen LogP contribution in [0.4, 0.5) is 11.4 Å². The molecular formula is C32H30N4O7S. The molecule has 11 nitrogen and oxygen atoms in total. The van der Waals surface area contributed by atoms with Gasteiger partial charge in [0.25, 0.3) is 11.8 Å². The van der Waals surface area contributed by atoms with Gasteiger partial charge in [-0.15, -0.1) is 11.8 Å². The lowest BCUT2D eigenvalue weighted by Crippen LogP contribution is -2.36. The number of benzene rings is 3. The molecule has 3 aromatic rings. The normalized spacial score (nSPS) is 20.0. The van der Waals surface area contributed by atoms with Crippen molar-refractivity contribution in [2.75, 3.05) is 39.2 Å². The Morgan fingerprint density at radius 1 is 0.795 bits per heavy atom.